The Hall–Kier alpha value is -2.34. The summed E-state index contributed by atoms with van der Waals surface area (Å²) in [6, 6.07) is 12.9. The number of nitrogens with zero attached hydrogens (tertiary/aromatic N) is 1. The number of amides is 1. The lowest BCUT2D eigenvalue weighted by molar-refractivity contribution is -0.138. The van der Waals surface area contributed by atoms with E-state index in [-0.39, 0.29) is 24.5 Å². The van der Waals surface area contributed by atoms with Crippen molar-refractivity contribution < 1.29 is 23.1 Å². The normalized spacial score (nSPS) is 17.3. The summed E-state index contributed by atoms with van der Waals surface area (Å²) in [4.78, 5) is 14.2. The van der Waals surface area contributed by atoms with Crippen LogP contribution in [0.4, 0.5) is 13.2 Å². The number of alkyl halides is 3. The lowest BCUT2D eigenvalue weighted by atomic mass is 9.98. The van der Waals surface area contributed by atoms with Gasteiger partial charge in [0.15, 0.2) is 0 Å². The second kappa shape index (κ2) is 8.13. The first-order valence-electron chi connectivity index (χ1n) is 8.98. The van der Waals surface area contributed by atoms with E-state index in [2.05, 4.69) is 0 Å². The first-order valence-corrected chi connectivity index (χ1v) is 8.98. The van der Waals surface area contributed by atoms with Crippen LogP contribution in [0.1, 0.15) is 28.7 Å². The molecule has 3 nitrogen and oxygen atoms in total. The SMILES string of the molecule is O=C(Cc1ccccc1C(F)(F)F)N1CC[C@@H](Cc2ccc(CO)cc2)C1. The van der Waals surface area contributed by atoms with Gasteiger partial charge in [0.05, 0.1) is 18.6 Å². The zero-order valence-corrected chi connectivity index (χ0v) is 14.9. The number of rotatable bonds is 5. The monoisotopic (exact) mass is 377 g/mol. The van der Waals surface area contributed by atoms with Crippen LogP contribution >= 0.6 is 0 Å². The molecule has 0 saturated carbocycles. The molecule has 1 aliphatic rings. The molecule has 0 unspecified atom stereocenters. The summed E-state index contributed by atoms with van der Waals surface area (Å²) >= 11 is 0. The molecule has 27 heavy (non-hydrogen) atoms. The Kier molecular flexibility index (Phi) is 5.85. The van der Waals surface area contributed by atoms with E-state index >= 15 is 0 Å². The maximum absolute atomic E-state index is 13.1. The van der Waals surface area contributed by atoms with E-state index in [9.17, 15) is 18.0 Å². The zero-order chi connectivity index (χ0) is 19.4. The molecule has 1 amide bonds. The number of halogens is 3. The van der Waals surface area contributed by atoms with Crippen molar-refractivity contribution in [1.82, 2.24) is 4.90 Å². The number of hydrogen-bond donors (Lipinski definition) is 1. The molecular formula is C21H22F3NO2. The molecule has 1 aliphatic heterocycles. The van der Waals surface area contributed by atoms with Gasteiger partial charge in [-0.15, -0.1) is 0 Å². The van der Waals surface area contributed by atoms with Gasteiger partial charge in [-0.2, -0.15) is 13.2 Å². The van der Waals surface area contributed by atoms with Crippen LogP contribution in [0, 0.1) is 5.92 Å². The molecule has 1 saturated heterocycles. The first-order chi connectivity index (χ1) is 12.9. The number of carbonyl (C=O) groups is 1. The van der Waals surface area contributed by atoms with E-state index < -0.39 is 11.7 Å². The predicted molar refractivity (Wildman–Crippen MR) is 95.9 cm³/mol. The summed E-state index contributed by atoms with van der Waals surface area (Å²) in [5.41, 5.74) is 1.27. The molecule has 1 heterocycles. The van der Waals surface area contributed by atoms with Gasteiger partial charge in [-0.25, -0.2) is 0 Å². The molecule has 2 aromatic rings. The van der Waals surface area contributed by atoms with Crippen molar-refractivity contribution in [3.63, 3.8) is 0 Å². The topological polar surface area (TPSA) is 40.5 Å². The standard InChI is InChI=1S/C21H22F3NO2/c22-21(23,24)19-4-2-1-3-18(19)12-20(27)25-10-9-17(13-25)11-15-5-7-16(14-26)8-6-15/h1-8,17,26H,9-14H2/t17-/m0/s1. The summed E-state index contributed by atoms with van der Waals surface area (Å²) in [5.74, 6) is 0.0385. The largest absolute Gasteiger partial charge is 0.416 e. The lowest BCUT2D eigenvalue weighted by Crippen LogP contribution is -2.31. The van der Waals surface area contributed by atoms with E-state index in [0.717, 1.165) is 30.0 Å². The molecule has 1 fully saturated rings. The third-order valence-electron chi connectivity index (χ3n) is 5.03. The van der Waals surface area contributed by atoms with Crippen molar-refractivity contribution in [3.8, 4) is 0 Å². The van der Waals surface area contributed by atoms with Crippen LogP contribution in [-0.2, 0) is 30.4 Å². The van der Waals surface area contributed by atoms with Gasteiger partial charge in [-0.3, -0.25) is 4.79 Å². The van der Waals surface area contributed by atoms with Crippen molar-refractivity contribution >= 4 is 5.91 Å². The Morgan fingerprint density at radius 3 is 2.41 bits per heavy atom. The number of aliphatic hydroxyl groups is 1. The fourth-order valence-corrected chi connectivity index (χ4v) is 3.57. The van der Waals surface area contributed by atoms with Gasteiger partial charge in [0, 0.05) is 13.1 Å². The Labute approximate surface area is 156 Å². The molecule has 6 heteroatoms. The first kappa shape index (κ1) is 19.4. The molecular weight excluding hydrogens is 355 g/mol. The van der Waals surface area contributed by atoms with Crippen molar-refractivity contribution in [2.75, 3.05) is 13.1 Å². The number of benzene rings is 2. The maximum Gasteiger partial charge on any atom is 0.416 e. The smallest absolute Gasteiger partial charge is 0.392 e. The van der Waals surface area contributed by atoms with Gasteiger partial charge in [-0.1, -0.05) is 42.5 Å². The number of likely N-dealkylation sites (tertiary alicyclic amines) is 1. The Morgan fingerprint density at radius 2 is 1.74 bits per heavy atom. The third kappa shape index (κ3) is 4.89. The van der Waals surface area contributed by atoms with Crippen LogP contribution in [0.15, 0.2) is 48.5 Å². The quantitative estimate of drug-likeness (QED) is 0.860. The fraction of sp³-hybridized carbons (Fsp3) is 0.381. The van der Waals surface area contributed by atoms with Crippen molar-refractivity contribution in [3.05, 3.63) is 70.8 Å². The minimum Gasteiger partial charge on any atom is -0.392 e. The second-order valence-electron chi connectivity index (χ2n) is 7.00. The van der Waals surface area contributed by atoms with E-state index in [1.54, 1.807) is 4.90 Å². The second-order valence-corrected chi connectivity index (χ2v) is 7.00. The maximum atomic E-state index is 13.1. The van der Waals surface area contributed by atoms with E-state index in [0.29, 0.717) is 19.0 Å². The molecule has 2 aromatic carbocycles. The average Bonchev–Trinajstić information content (AvgIpc) is 3.10. The zero-order valence-electron chi connectivity index (χ0n) is 14.9. The third-order valence-corrected chi connectivity index (χ3v) is 5.03. The minimum atomic E-state index is -4.45. The van der Waals surface area contributed by atoms with Gasteiger partial charge < -0.3 is 10.0 Å². The average molecular weight is 377 g/mol. The van der Waals surface area contributed by atoms with Gasteiger partial charge in [0.1, 0.15) is 0 Å². The van der Waals surface area contributed by atoms with E-state index in [4.69, 9.17) is 5.11 Å². The summed E-state index contributed by atoms with van der Waals surface area (Å²) in [5, 5.41) is 9.08. The van der Waals surface area contributed by atoms with Gasteiger partial charge in [0.25, 0.3) is 0 Å². The highest BCUT2D eigenvalue weighted by Gasteiger charge is 2.34. The molecule has 0 aromatic heterocycles. The molecule has 0 spiro atoms. The van der Waals surface area contributed by atoms with Crippen molar-refractivity contribution in [1.29, 1.82) is 0 Å². The molecule has 0 radical (unpaired) electrons. The van der Waals surface area contributed by atoms with Crippen LogP contribution in [-0.4, -0.2) is 29.0 Å². The summed E-state index contributed by atoms with van der Waals surface area (Å²) in [6.07, 6.45) is -3.03. The van der Waals surface area contributed by atoms with Crippen LogP contribution in [0.2, 0.25) is 0 Å². The lowest BCUT2D eigenvalue weighted by Gasteiger charge is -2.18. The molecule has 3 rings (SSSR count). The highest BCUT2D eigenvalue weighted by molar-refractivity contribution is 5.79. The Morgan fingerprint density at radius 1 is 1.07 bits per heavy atom. The summed E-state index contributed by atoms with van der Waals surface area (Å²) in [6.45, 7) is 1.15. The highest BCUT2D eigenvalue weighted by Crippen LogP contribution is 2.32. The fourth-order valence-electron chi connectivity index (χ4n) is 3.57. The van der Waals surface area contributed by atoms with Crippen LogP contribution in [0.5, 0.6) is 0 Å². The van der Waals surface area contributed by atoms with Crippen LogP contribution < -0.4 is 0 Å². The number of aliphatic hydroxyl groups excluding tert-OH is 1. The van der Waals surface area contributed by atoms with Crippen LogP contribution in [0.3, 0.4) is 0 Å². The summed E-state index contributed by atoms with van der Waals surface area (Å²) in [7, 11) is 0. The molecule has 144 valence electrons. The van der Waals surface area contributed by atoms with Gasteiger partial charge in [0.2, 0.25) is 5.91 Å². The van der Waals surface area contributed by atoms with E-state index in [1.165, 1.54) is 18.2 Å². The highest BCUT2D eigenvalue weighted by atomic mass is 19.4. The minimum absolute atomic E-state index is 0.00535. The number of hydrogen-bond acceptors (Lipinski definition) is 2. The van der Waals surface area contributed by atoms with Gasteiger partial charge >= 0.3 is 6.18 Å². The molecule has 0 bridgehead atoms. The van der Waals surface area contributed by atoms with Crippen molar-refractivity contribution in [2.45, 2.75) is 32.0 Å². The summed E-state index contributed by atoms with van der Waals surface area (Å²) < 4.78 is 39.3. The molecule has 1 atom stereocenters. The predicted octanol–water partition coefficient (Wildman–Crippen LogP) is 3.83. The van der Waals surface area contributed by atoms with Gasteiger partial charge in [-0.05, 0) is 41.5 Å². The Balaban J connectivity index is 1.59. The number of carbonyl (C=O) groups excluding carboxylic acids is 1. The van der Waals surface area contributed by atoms with Crippen LogP contribution in [0.25, 0.3) is 0 Å². The Bertz CT molecular complexity index is 787. The van der Waals surface area contributed by atoms with Crippen molar-refractivity contribution in [2.24, 2.45) is 5.92 Å². The van der Waals surface area contributed by atoms with E-state index in [1.807, 2.05) is 24.3 Å². The molecule has 0 aliphatic carbocycles. The molecule has 1 N–H and O–H groups in total.